The molecule has 2 aromatic carbocycles. The minimum absolute atomic E-state index is 0.367. The van der Waals surface area contributed by atoms with Gasteiger partial charge in [-0.05, 0) is 46.8 Å². The molecule has 0 aliphatic rings. The van der Waals surface area contributed by atoms with Crippen LogP contribution in [0.4, 0.5) is 5.69 Å². The molecule has 0 saturated carbocycles. The predicted molar refractivity (Wildman–Crippen MR) is 101 cm³/mol. The van der Waals surface area contributed by atoms with E-state index in [9.17, 15) is 9.59 Å². The molecule has 0 fully saturated rings. The molecule has 0 bridgehead atoms. The van der Waals surface area contributed by atoms with E-state index in [1.807, 2.05) is 59.3 Å². The van der Waals surface area contributed by atoms with Gasteiger partial charge in [-0.3, -0.25) is 4.79 Å². The van der Waals surface area contributed by atoms with Crippen molar-refractivity contribution in [1.82, 2.24) is 0 Å². The molecule has 0 aliphatic heterocycles. The molecule has 3 rings (SSSR count). The number of hydrogen-bond donors (Lipinski definition) is 1. The van der Waals surface area contributed by atoms with E-state index >= 15 is 0 Å². The first-order chi connectivity index (χ1) is 12.1. The van der Waals surface area contributed by atoms with E-state index in [1.54, 1.807) is 24.3 Å². The Bertz CT molecular complexity index is 910. The Kier molecular flexibility index (Phi) is 5.26. The van der Waals surface area contributed by atoms with Crippen molar-refractivity contribution in [3.05, 3.63) is 70.9 Å². The van der Waals surface area contributed by atoms with Crippen molar-refractivity contribution in [2.75, 3.05) is 5.32 Å². The van der Waals surface area contributed by atoms with E-state index in [2.05, 4.69) is 5.32 Å². The maximum Gasteiger partial charge on any atom is 0.331 e. The van der Waals surface area contributed by atoms with E-state index in [0.29, 0.717) is 5.69 Å². The maximum absolute atomic E-state index is 12.3. The van der Waals surface area contributed by atoms with Crippen LogP contribution in [-0.2, 0) is 14.3 Å². The average Bonchev–Trinajstić information content (AvgIpc) is 3.14. The zero-order valence-corrected chi connectivity index (χ0v) is 14.5. The highest BCUT2D eigenvalue weighted by Crippen LogP contribution is 2.23. The van der Waals surface area contributed by atoms with Gasteiger partial charge in [0.25, 0.3) is 5.91 Å². The molecule has 0 aliphatic carbocycles. The fourth-order valence-corrected chi connectivity index (χ4v) is 3.00. The van der Waals surface area contributed by atoms with Gasteiger partial charge in [-0.2, -0.15) is 11.3 Å². The number of carbonyl (C=O) groups excluding carboxylic acids is 2. The summed E-state index contributed by atoms with van der Waals surface area (Å²) in [7, 11) is 0. The highest BCUT2D eigenvalue weighted by atomic mass is 32.1. The summed E-state index contributed by atoms with van der Waals surface area (Å²) < 4.78 is 5.16. The van der Waals surface area contributed by atoms with Gasteiger partial charge in [0, 0.05) is 17.1 Å². The molecule has 126 valence electrons. The summed E-state index contributed by atoms with van der Waals surface area (Å²) in [6.07, 6.45) is 2.09. The molecule has 0 unspecified atom stereocenters. The molecule has 25 heavy (non-hydrogen) atoms. The fraction of sp³-hybridized carbons (Fsp3) is 0.100. The van der Waals surface area contributed by atoms with Gasteiger partial charge in [0.1, 0.15) is 0 Å². The highest BCUT2D eigenvalue weighted by Gasteiger charge is 2.17. The number of ether oxygens (including phenoxy) is 1. The van der Waals surface area contributed by atoms with Gasteiger partial charge in [-0.25, -0.2) is 4.79 Å². The van der Waals surface area contributed by atoms with Crippen molar-refractivity contribution in [2.45, 2.75) is 13.0 Å². The average molecular weight is 351 g/mol. The van der Waals surface area contributed by atoms with Crippen LogP contribution in [0.1, 0.15) is 12.5 Å². The Morgan fingerprint density at radius 1 is 1.12 bits per heavy atom. The predicted octanol–water partition coefficient (Wildman–Crippen LogP) is 4.48. The summed E-state index contributed by atoms with van der Waals surface area (Å²) in [5, 5.41) is 8.63. The zero-order chi connectivity index (χ0) is 17.6. The number of carbonyl (C=O) groups is 2. The van der Waals surface area contributed by atoms with Crippen LogP contribution in [0.25, 0.3) is 16.8 Å². The number of fused-ring (bicyclic) bond motifs is 1. The van der Waals surface area contributed by atoms with Gasteiger partial charge in [0.05, 0.1) is 0 Å². The molecular weight excluding hydrogens is 334 g/mol. The second kappa shape index (κ2) is 7.77. The minimum atomic E-state index is -0.890. The summed E-state index contributed by atoms with van der Waals surface area (Å²) in [5.41, 5.74) is 1.62. The summed E-state index contributed by atoms with van der Waals surface area (Å²) >= 11 is 1.54. The van der Waals surface area contributed by atoms with Crippen LogP contribution in [0.15, 0.2) is 65.4 Å². The first kappa shape index (κ1) is 16.9. The lowest BCUT2D eigenvalue weighted by Crippen LogP contribution is -2.29. The van der Waals surface area contributed by atoms with E-state index in [0.717, 1.165) is 16.3 Å². The van der Waals surface area contributed by atoms with Crippen LogP contribution in [0.5, 0.6) is 0 Å². The Labute approximate surface area is 149 Å². The molecule has 1 atom stereocenters. The highest BCUT2D eigenvalue weighted by molar-refractivity contribution is 7.08. The van der Waals surface area contributed by atoms with Gasteiger partial charge >= 0.3 is 5.97 Å². The number of nitrogens with one attached hydrogen (secondary N) is 1. The zero-order valence-electron chi connectivity index (χ0n) is 13.6. The van der Waals surface area contributed by atoms with Crippen molar-refractivity contribution < 1.29 is 14.3 Å². The lowest BCUT2D eigenvalue weighted by molar-refractivity contribution is -0.148. The van der Waals surface area contributed by atoms with Crippen LogP contribution in [-0.4, -0.2) is 18.0 Å². The number of rotatable bonds is 5. The van der Waals surface area contributed by atoms with Crippen molar-refractivity contribution in [2.24, 2.45) is 0 Å². The number of amides is 1. The standard InChI is InChI=1S/C20H17NO3S/c1-14(24-19(22)10-9-15-11-12-25-13-15)20(23)21-18-8-4-6-16-5-2-3-7-17(16)18/h2-14H,1H3,(H,21,23)/b10-9+/t14-/m0/s1. The first-order valence-electron chi connectivity index (χ1n) is 7.83. The number of hydrogen-bond acceptors (Lipinski definition) is 4. The largest absolute Gasteiger partial charge is 0.449 e. The van der Waals surface area contributed by atoms with Gasteiger partial charge < -0.3 is 10.1 Å². The van der Waals surface area contributed by atoms with Gasteiger partial charge in [-0.1, -0.05) is 36.4 Å². The molecule has 3 aromatic rings. The van der Waals surface area contributed by atoms with Crippen LogP contribution >= 0.6 is 11.3 Å². The summed E-state index contributed by atoms with van der Waals surface area (Å²) in [6.45, 7) is 1.55. The molecule has 0 radical (unpaired) electrons. The smallest absolute Gasteiger partial charge is 0.331 e. The van der Waals surface area contributed by atoms with Crippen LogP contribution < -0.4 is 5.32 Å². The van der Waals surface area contributed by atoms with Gasteiger partial charge in [0.15, 0.2) is 6.10 Å². The Hall–Kier alpha value is -2.92. The number of esters is 1. The van der Waals surface area contributed by atoms with E-state index < -0.39 is 12.1 Å². The number of anilines is 1. The minimum Gasteiger partial charge on any atom is -0.449 e. The Morgan fingerprint density at radius 2 is 1.92 bits per heavy atom. The lowest BCUT2D eigenvalue weighted by Gasteiger charge is -2.13. The lowest BCUT2D eigenvalue weighted by atomic mass is 10.1. The first-order valence-corrected chi connectivity index (χ1v) is 8.77. The molecule has 4 nitrogen and oxygen atoms in total. The van der Waals surface area contributed by atoms with E-state index in [-0.39, 0.29) is 5.91 Å². The third-order valence-corrected chi connectivity index (χ3v) is 4.37. The molecule has 1 amide bonds. The van der Waals surface area contributed by atoms with Crippen LogP contribution in [0.3, 0.4) is 0 Å². The van der Waals surface area contributed by atoms with Crippen molar-refractivity contribution >= 4 is 45.7 Å². The third kappa shape index (κ3) is 4.33. The van der Waals surface area contributed by atoms with E-state index in [1.165, 1.54) is 6.08 Å². The summed E-state index contributed by atoms with van der Waals surface area (Å²) in [5.74, 6) is -0.916. The Morgan fingerprint density at radius 3 is 2.72 bits per heavy atom. The Balaban J connectivity index is 1.63. The van der Waals surface area contributed by atoms with Crippen molar-refractivity contribution in [3.8, 4) is 0 Å². The van der Waals surface area contributed by atoms with Crippen molar-refractivity contribution in [1.29, 1.82) is 0 Å². The van der Waals surface area contributed by atoms with Crippen molar-refractivity contribution in [3.63, 3.8) is 0 Å². The number of benzene rings is 2. The topological polar surface area (TPSA) is 55.4 Å². The maximum atomic E-state index is 12.3. The normalized spacial score (nSPS) is 12.2. The quantitative estimate of drug-likeness (QED) is 0.544. The van der Waals surface area contributed by atoms with E-state index in [4.69, 9.17) is 4.74 Å². The van der Waals surface area contributed by atoms with Gasteiger partial charge in [0.2, 0.25) is 0 Å². The third-order valence-electron chi connectivity index (χ3n) is 3.66. The molecule has 1 aromatic heterocycles. The van der Waals surface area contributed by atoms with Gasteiger partial charge in [-0.15, -0.1) is 0 Å². The second-order valence-corrected chi connectivity index (χ2v) is 6.27. The molecule has 1 N–H and O–H groups in total. The second-order valence-electron chi connectivity index (χ2n) is 5.49. The summed E-state index contributed by atoms with van der Waals surface area (Å²) in [6, 6.07) is 15.3. The molecular formula is C20H17NO3S. The van der Waals surface area contributed by atoms with Crippen LogP contribution in [0.2, 0.25) is 0 Å². The van der Waals surface area contributed by atoms with Crippen LogP contribution in [0, 0.1) is 0 Å². The number of thiophene rings is 1. The molecule has 5 heteroatoms. The SMILES string of the molecule is C[C@H](OC(=O)/C=C/c1ccsc1)C(=O)Nc1cccc2ccccc12. The fourth-order valence-electron chi connectivity index (χ4n) is 2.37. The monoisotopic (exact) mass is 351 g/mol. The molecule has 1 heterocycles. The summed E-state index contributed by atoms with van der Waals surface area (Å²) in [4.78, 5) is 24.1. The molecule has 0 saturated heterocycles. The molecule has 0 spiro atoms.